The molecule has 43 heavy (non-hydrogen) atoms. The maximum Gasteiger partial charge on any atom is 0.311 e. The zero-order valence-electron chi connectivity index (χ0n) is 28.3. The van der Waals surface area contributed by atoms with Crippen LogP contribution in [0.4, 0.5) is 0 Å². The Morgan fingerprint density at radius 1 is 0.558 bits per heavy atom. The van der Waals surface area contributed by atoms with Crippen LogP contribution in [0.1, 0.15) is 163 Å². The summed E-state index contributed by atoms with van der Waals surface area (Å²) in [6.07, 6.45) is 31.4. The molecule has 0 amide bonds. The van der Waals surface area contributed by atoms with Crippen LogP contribution < -0.4 is 5.11 Å². The van der Waals surface area contributed by atoms with E-state index in [0.29, 0.717) is 0 Å². The Kier molecular flexibility index (Phi) is 25.3. The number of aliphatic carboxylic acids is 3. The van der Waals surface area contributed by atoms with Gasteiger partial charge < -0.3 is 20.1 Å². The Morgan fingerprint density at radius 3 is 1.16 bits per heavy atom. The van der Waals surface area contributed by atoms with Crippen molar-refractivity contribution in [2.24, 2.45) is 17.8 Å². The molecule has 0 rings (SSSR count). The van der Waals surface area contributed by atoms with Crippen molar-refractivity contribution in [1.29, 1.82) is 0 Å². The van der Waals surface area contributed by atoms with Gasteiger partial charge in [0.2, 0.25) is 0 Å². The van der Waals surface area contributed by atoms with Crippen molar-refractivity contribution in [3.8, 4) is 0 Å². The van der Waals surface area contributed by atoms with Gasteiger partial charge >= 0.3 is 11.9 Å². The first kappa shape index (κ1) is 41.1. The third-order valence-corrected chi connectivity index (χ3v) is 8.80. The van der Waals surface area contributed by atoms with Gasteiger partial charge in [0.05, 0.1) is 25.8 Å². The minimum atomic E-state index is -1.21. The van der Waals surface area contributed by atoms with E-state index in [0.717, 1.165) is 19.3 Å². The van der Waals surface area contributed by atoms with E-state index in [1.54, 1.807) is 13.8 Å². The van der Waals surface area contributed by atoms with E-state index in [2.05, 4.69) is 6.92 Å². The molecular formula is C36H67NO6. The number of carboxylic acid groups (broad SMARTS) is 3. The Morgan fingerprint density at radius 2 is 0.860 bits per heavy atom. The molecule has 0 aliphatic carbocycles. The molecule has 0 bridgehead atoms. The molecule has 0 aromatic heterocycles. The number of allylic oxidation sites excluding steroid dienone is 1. The van der Waals surface area contributed by atoms with Gasteiger partial charge in [-0.25, -0.2) is 0 Å². The summed E-state index contributed by atoms with van der Waals surface area (Å²) < 4.78 is 0.00920. The monoisotopic (exact) mass is 609 g/mol. The van der Waals surface area contributed by atoms with Gasteiger partial charge in [-0.3, -0.25) is 14.1 Å². The average Bonchev–Trinajstić information content (AvgIpc) is 2.95. The van der Waals surface area contributed by atoms with Crippen LogP contribution in [0.5, 0.6) is 0 Å². The lowest BCUT2D eigenvalue weighted by atomic mass is 10.0. The van der Waals surface area contributed by atoms with E-state index in [4.69, 9.17) is 0 Å². The molecule has 0 aromatic rings. The van der Waals surface area contributed by atoms with Crippen molar-refractivity contribution in [3.05, 3.63) is 12.3 Å². The molecule has 3 unspecified atom stereocenters. The van der Waals surface area contributed by atoms with Crippen LogP contribution in [-0.2, 0) is 14.4 Å². The fourth-order valence-electron chi connectivity index (χ4n) is 6.09. The number of nitrogens with zero attached hydrogens (tertiary/aromatic N) is 1. The number of unbranched alkanes of at least 4 members (excludes halogenated alkanes) is 20. The molecule has 0 saturated carbocycles. The van der Waals surface area contributed by atoms with Crippen LogP contribution in [0.3, 0.4) is 0 Å². The Bertz CT molecular complexity index is 697. The second-order valence-electron chi connectivity index (χ2n) is 13.4. The number of hydrogen-bond acceptors (Lipinski definition) is 4. The van der Waals surface area contributed by atoms with Gasteiger partial charge in [-0.1, -0.05) is 136 Å². The maximum atomic E-state index is 11.6. The Labute approximate surface area is 264 Å². The fraction of sp³-hybridized carbons (Fsp3) is 0.861. The molecule has 0 aliphatic rings. The maximum absolute atomic E-state index is 11.6. The van der Waals surface area contributed by atoms with Gasteiger partial charge in [-0.2, -0.15) is 0 Å². The number of carbonyl (C=O) groups excluding carboxylic acids is 1. The first-order valence-corrected chi connectivity index (χ1v) is 17.7. The van der Waals surface area contributed by atoms with Crippen LogP contribution in [0.25, 0.3) is 0 Å². The molecule has 3 atom stereocenters. The zero-order chi connectivity index (χ0) is 32.3. The number of hydrogen-bond donors (Lipinski definition) is 2. The first-order valence-electron chi connectivity index (χ1n) is 17.7. The standard InChI is InChI=1S/C36H67NO6/c1-5-6-7-8-9-10-11-12-13-14-15-16-17-18-19-20-21-22-23-24-25-26-27-37(28-31(2)34(38)39,29-32(3)35(40)41)30-33(4)36(42)43/h26-27,31-33H,5-25,28-30H2,1-4H3,(H2-,38,39,40,41,42,43)/b27-26+. The van der Waals surface area contributed by atoms with E-state index in [1.807, 2.05) is 12.3 Å². The van der Waals surface area contributed by atoms with Crippen LogP contribution >= 0.6 is 0 Å². The van der Waals surface area contributed by atoms with Crippen molar-refractivity contribution in [1.82, 2.24) is 0 Å². The van der Waals surface area contributed by atoms with E-state index in [1.165, 1.54) is 122 Å². The molecular weight excluding hydrogens is 542 g/mol. The summed E-state index contributed by atoms with van der Waals surface area (Å²) in [7, 11) is 0. The Hall–Kier alpha value is -1.89. The summed E-state index contributed by atoms with van der Waals surface area (Å²) in [6.45, 7) is 7.35. The minimum absolute atomic E-state index is 0.00920. The number of rotatable bonds is 31. The van der Waals surface area contributed by atoms with Crippen molar-refractivity contribution in [3.63, 3.8) is 0 Å². The molecule has 0 aromatic carbocycles. The molecule has 252 valence electrons. The zero-order valence-corrected chi connectivity index (χ0v) is 28.3. The molecule has 0 heterocycles. The lowest BCUT2D eigenvalue weighted by Crippen LogP contribution is -2.54. The van der Waals surface area contributed by atoms with E-state index < -0.39 is 35.7 Å². The molecule has 7 nitrogen and oxygen atoms in total. The van der Waals surface area contributed by atoms with Crippen LogP contribution in [-0.4, -0.2) is 52.2 Å². The van der Waals surface area contributed by atoms with Gasteiger partial charge in [0, 0.05) is 11.9 Å². The summed E-state index contributed by atoms with van der Waals surface area (Å²) in [6, 6.07) is 0. The summed E-state index contributed by atoms with van der Waals surface area (Å²) in [5, 5.41) is 30.5. The summed E-state index contributed by atoms with van der Waals surface area (Å²) >= 11 is 0. The van der Waals surface area contributed by atoms with Gasteiger partial charge in [0.1, 0.15) is 11.8 Å². The number of quaternary nitrogens is 1. The molecule has 0 fully saturated rings. The molecule has 0 saturated heterocycles. The fourth-order valence-corrected chi connectivity index (χ4v) is 6.09. The molecule has 0 spiro atoms. The average molecular weight is 610 g/mol. The second kappa shape index (κ2) is 26.5. The normalized spacial score (nSPS) is 15.3. The summed E-state index contributed by atoms with van der Waals surface area (Å²) in [5.41, 5.74) is 0. The highest BCUT2D eigenvalue weighted by Gasteiger charge is 2.35. The topological polar surface area (TPSA) is 115 Å². The number of carbonyl (C=O) groups is 3. The van der Waals surface area contributed by atoms with Crippen LogP contribution in [0, 0.1) is 17.8 Å². The molecule has 0 radical (unpaired) electrons. The third-order valence-electron chi connectivity index (χ3n) is 8.80. The molecule has 7 heteroatoms. The third kappa shape index (κ3) is 23.2. The smallest absolute Gasteiger partial charge is 0.311 e. The highest BCUT2D eigenvalue weighted by Crippen LogP contribution is 2.22. The van der Waals surface area contributed by atoms with Crippen LogP contribution in [0.2, 0.25) is 0 Å². The van der Waals surface area contributed by atoms with Crippen molar-refractivity contribution in [2.75, 3.05) is 19.6 Å². The summed E-state index contributed by atoms with van der Waals surface area (Å²) in [4.78, 5) is 34.7. The van der Waals surface area contributed by atoms with Crippen molar-refractivity contribution >= 4 is 17.9 Å². The Balaban J connectivity index is 4.20. The van der Waals surface area contributed by atoms with E-state index in [9.17, 15) is 29.7 Å². The number of carboxylic acids is 3. The highest BCUT2D eigenvalue weighted by molar-refractivity contribution is 5.70. The summed E-state index contributed by atoms with van der Waals surface area (Å²) in [5.74, 6) is -5.47. The van der Waals surface area contributed by atoms with Gasteiger partial charge in [0.25, 0.3) is 0 Å². The van der Waals surface area contributed by atoms with Gasteiger partial charge in [0.15, 0.2) is 0 Å². The van der Waals surface area contributed by atoms with Gasteiger partial charge in [-0.15, -0.1) is 0 Å². The molecule has 0 aliphatic heterocycles. The van der Waals surface area contributed by atoms with Crippen molar-refractivity contribution in [2.45, 2.75) is 163 Å². The minimum Gasteiger partial charge on any atom is -0.550 e. The molecule has 2 N–H and O–H groups in total. The van der Waals surface area contributed by atoms with Gasteiger partial charge in [-0.05, 0) is 32.8 Å². The predicted octanol–water partition coefficient (Wildman–Crippen LogP) is 8.36. The highest BCUT2D eigenvalue weighted by atomic mass is 16.4. The van der Waals surface area contributed by atoms with Crippen LogP contribution in [0.15, 0.2) is 12.3 Å². The predicted molar refractivity (Wildman–Crippen MR) is 174 cm³/mol. The van der Waals surface area contributed by atoms with E-state index in [-0.39, 0.29) is 24.1 Å². The lowest BCUT2D eigenvalue weighted by Gasteiger charge is -2.39. The largest absolute Gasteiger partial charge is 0.550 e. The van der Waals surface area contributed by atoms with E-state index >= 15 is 0 Å². The quantitative estimate of drug-likeness (QED) is 0.0603. The lowest BCUT2D eigenvalue weighted by molar-refractivity contribution is -0.886. The van der Waals surface area contributed by atoms with Crippen molar-refractivity contribution < 1.29 is 34.2 Å². The SMILES string of the molecule is CCCCCCCCCCCCCCCCCCCCCC/C=C/[N+](CC(C)C(=O)[O-])(CC(C)C(=O)O)CC(C)C(=O)O. The first-order chi connectivity index (χ1) is 20.5. The second-order valence-corrected chi connectivity index (χ2v) is 13.4.